The topological polar surface area (TPSA) is 38.1 Å². The molecule has 5 heteroatoms. The van der Waals surface area contributed by atoms with Crippen molar-refractivity contribution in [3.8, 4) is 0 Å². The van der Waals surface area contributed by atoms with E-state index in [0.29, 0.717) is 23.0 Å². The maximum absolute atomic E-state index is 13.2. The summed E-state index contributed by atoms with van der Waals surface area (Å²) >= 11 is 5.97. The van der Waals surface area contributed by atoms with Crippen molar-refractivity contribution in [1.82, 2.24) is 9.55 Å². The van der Waals surface area contributed by atoms with Crippen LogP contribution in [0.3, 0.4) is 0 Å². The summed E-state index contributed by atoms with van der Waals surface area (Å²) < 4.78 is 15.2. The maximum Gasteiger partial charge on any atom is 0.143 e. The van der Waals surface area contributed by atoms with Gasteiger partial charge in [0.2, 0.25) is 0 Å². The number of hydrogen-bond donors (Lipinski definition) is 1. The number of nitrogens with zero attached hydrogens (tertiary/aromatic N) is 2. The third-order valence-electron chi connectivity index (χ3n) is 4.37. The summed E-state index contributed by atoms with van der Waals surface area (Å²) in [6, 6.07) is 21.1. The smallest absolute Gasteiger partial charge is 0.143 e. The monoisotopic (exact) mass is 366 g/mol. The molecule has 0 aliphatic heterocycles. The Hall–Kier alpha value is -2.69. The molecule has 0 bridgehead atoms. The summed E-state index contributed by atoms with van der Waals surface area (Å²) in [5, 5.41) is 11.5. The first-order valence-electron chi connectivity index (χ1n) is 8.25. The molecular formula is C21H16ClFN2O. The first kappa shape index (κ1) is 16.8. The van der Waals surface area contributed by atoms with Crippen LogP contribution in [-0.4, -0.2) is 14.7 Å². The molecule has 130 valence electrons. The fourth-order valence-corrected chi connectivity index (χ4v) is 3.16. The van der Waals surface area contributed by atoms with Crippen molar-refractivity contribution < 1.29 is 9.50 Å². The molecular weight excluding hydrogens is 351 g/mol. The van der Waals surface area contributed by atoms with Gasteiger partial charge in [0, 0.05) is 11.6 Å². The standard InChI is InChI=1S/C21H16ClFN2O/c22-16-9-5-14(6-10-16)13-25-19-4-2-1-3-18(19)24-21(25)20(26)15-7-11-17(23)12-8-15/h1-12,20,26H,13H2/t20-/m1/s1. The van der Waals surface area contributed by atoms with Gasteiger partial charge in [-0.2, -0.15) is 0 Å². The molecule has 0 aliphatic rings. The molecule has 1 heterocycles. The number of benzene rings is 3. The average molecular weight is 367 g/mol. The Labute approximate surface area is 155 Å². The summed E-state index contributed by atoms with van der Waals surface area (Å²) in [7, 11) is 0. The van der Waals surface area contributed by atoms with Crippen LogP contribution in [0, 0.1) is 5.82 Å². The van der Waals surface area contributed by atoms with Crippen LogP contribution in [0.25, 0.3) is 11.0 Å². The highest BCUT2D eigenvalue weighted by Gasteiger charge is 2.20. The van der Waals surface area contributed by atoms with Crippen LogP contribution in [0.4, 0.5) is 4.39 Å². The van der Waals surface area contributed by atoms with Gasteiger partial charge >= 0.3 is 0 Å². The molecule has 0 unspecified atom stereocenters. The van der Waals surface area contributed by atoms with Crippen molar-refractivity contribution >= 4 is 22.6 Å². The molecule has 3 nitrogen and oxygen atoms in total. The van der Waals surface area contributed by atoms with Gasteiger partial charge in [-0.15, -0.1) is 0 Å². The second-order valence-corrected chi connectivity index (χ2v) is 6.56. The molecule has 0 radical (unpaired) electrons. The highest BCUT2D eigenvalue weighted by Crippen LogP contribution is 2.27. The zero-order chi connectivity index (χ0) is 18.1. The number of aromatic nitrogens is 2. The molecule has 0 saturated carbocycles. The molecule has 4 aromatic rings. The maximum atomic E-state index is 13.2. The van der Waals surface area contributed by atoms with Gasteiger partial charge in [-0.3, -0.25) is 0 Å². The lowest BCUT2D eigenvalue weighted by Crippen LogP contribution is -2.11. The number of fused-ring (bicyclic) bond motifs is 1. The number of para-hydroxylation sites is 2. The van der Waals surface area contributed by atoms with E-state index in [4.69, 9.17) is 11.6 Å². The van der Waals surface area contributed by atoms with Crippen LogP contribution in [0.5, 0.6) is 0 Å². The highest BCUT2D eigenvalue weighted by molar-refractivity contribution is 6.30. The predicted molar refractivity (Wildman–Crippen MR) is 101 cm³/mol. The molecule has 0 amide bonds. The van der Waals surface area contributed by atoms with E-state index in [9.17, 15) is 9.50 Å². The quantitative estimate of drug-likeness (QED) is 0.554. The van der Waals surface area contributed by atoms with E-state index in [1.165, 1.54) is 12.1 Å². The predicted octanol–water partition coefficient (Wildman–Crippen LogP) is 4.96. The van der Waals surface area contributed by atoms with Gasteiger partial charge in [0.05, 0.1) is 11.0 Å². The van der Waals surface area contributed by atoms with Gasteiger partial charge in [0.1, 0.15) is 17.7 Å². The van der Waals surface area contributed by atoms with E-state index >= 15 is 0 Å². The number of halogens is 2. The number of imidazole rings is 1. The lowest BCUT2D eigenvalue weighted by Gasteiger charge is -2.15. The van der Waals surface area contributed by atoms with Crippen molar-refractivity contribution in [2.45, 2.75) is 12.6 Å². The summed E-state index contributed by atoms with van der Waals surface area (Å²) in [5.41, 5.74) is 3.38. The summed E-state index contributed by atoms with van der Waals surface area (Å²) in [6.45, 7) is 0.547. The Bertz CT molecular complexity index is 1040. The molecule has 0 aliphatic carbocycles. The van der Waals surface area contributed by atoms with Crippen LogP contribution in [0.2, 0.25) is 5.02 Å². The van der Waals surface area contributed by atoms with Crippen LogP contribution in [0.15, 0.2) is 72.8 Å². The Kier molecular flexibility index (Phi) is 4.45. The first-order valence-corrected chi connectivity index (χ1v) is 8.63. The molecule has 0 fully saturated rings. The van der Waals surface area contributed by atoms with E-state index in [1.54, 1.807) is 12.1 Å². The molecule has 1 atom stereocenters. The van der Waals surface area contributed by atoms with Gasteiger partial charge in [-0.25, -0.2) is 9.37 Å². The fourth-order valence-electron chi connectivity index (χ4n) is 3.04. The van der Waals surface area contributed by atoms with Gasteiger partial charge in [-0.05, 0) is 47.5 Å². The molecule has 1 N–H and O–H groups in total. The van der Waals surface area contributed by atoms with Crippen molar-refractivity contribution in [3.05, 3.63) is 101 Å². The van der Waals surface area contributed by atoms with E-state index in [-0.39, 0.29) is 5.82 Å². The van der Waals surface area contributed by atoms with Crippen LogP contribution < -0.4 is 0 Å². The SMILES string of the molecule is O[C@H](c1ccc(F)cc1)c1nc2ccccc2n1Cc1ccc(Cl)cc1. The third-order valence-corrected chi connectivity index (χ3v) is 4.62. The highest BCUT2D eigenvalue weighted by atomic mass is 35.5. The second-order valence-electron chi connectivity index (χ2n) is 6.13. The molecule has 0 saturated heterocycles. The second kappa shape index (κ2) is 6.90. The fraction of sp³-hybridized carbons (Fsp3) is 0.0952. The Morgan fingerprint density at radius 2 is 1.65 bits per heavy atom. The summed E-state index contributed by atoms with van der Waals surface area (Å²) in [4.78, 5) is 4.62. The van der Waals surface area contributed by atoms with Gasteiger partial charge in [-0.1, -0.05) is 48.0 Å². The Morgan fingerprint density at radius 1 is 0.962 bits per heavy atom. The molecule has 26 heavy (non-hydrogen) atoms. The van der Waals surface area contributed by atoms with Crippen LogP contribution in [-0.2, 0) is 6.54 Å². The molecule has 3 aromatic carbocycles. The normalized spacial score (nSPS) is 12.4. The van der Waals surface area contributed by atoms with Crippen molar-refractivity contribution in [2.75, 3.05) is 0 Å². The largest absolute Gasteiger partial charge is 0.380 e. The lowest BCUT2D eigenvalue weighted by atomic mass is 10.1. The van der Waals surface area contributed by atoms with E-state index in [1.807, 2.05) is 53.1 Å². The minimum atomic E-state index is -0.949. The van der Waals surface area contributed by atoms with Gasteiger partial charge in [0.25, 0.3) is 0 Å². The zero-order valence-electron chi connectivity index (χ0n) is 13.8. The van der Waals surface area contributed by atoms with Crippen molar-refractivity contribution in [2.24, 2.45) is 0 Å². The van der Waals surface area contributed by atoms with Gasteiger partial charge in [0.15, 0.2) is 0 Å². The van der Waals surface area contributed by atoms with E-state index in [0.717, 1.165) is 16.6 Å². The molecule has 4 rings (SSSR count). The minimum Gasteiger partial charge on any atom is -0.380 e. The van der Waals surface area contributed by atoms with Crippen LogP contribution >= 0.6 is 11.6 Å². The number of aliphatic hydroxyl groups is 1. The Morgan fingerprint density at radius 3 is 2.38 bits per heavy atom. The number of hydrogen-bond acceptors (Lipinski definition) is 2. The minimum absolute atomic E-state index is 0.337. The lowest BCUT2D eigenvalue weighted by molar-refractivity contribution is 0.206. The first-order chi connectivity index (χ1) is 12.6. The van der Waals surface area contributed by atoms with Crippen LogP contribution in [0.1, 0.15) is 23.1 Å². The van der Waals surface area contributed by atoms with E-state index in [2.05, 4.69) is 4.98 Å². The van der Waals surface area contributed by atoms with Crippen molar-refractivity contribution in [3.63, 3.8) is 0 Å². The summed E-state index contributed by atoms with van der Waals surface area (Å²) in [6.07, 6.45) is -0.949. The Balaban J connectivity index is 1.80. The van der Waals surface area contributed by atoms with Gasteiger partial charge < -0.3 is 9.67 Å². The number of rotatable bonds is 4. The van der Waals surface area contributed by atoms with E-state index < -0.39 is 6.10 Å². The number of aliphatic hydroxyl groups excluding tert-OH is 1. The zero-order valence-corrected chi connectivity index (χ0v) is 14.6. The average Bonchev–Trinajstić information content (AvgIpc) is 3.02. The third kappa shape index (κ3) is 3.21. The summed E-state index contributed by atoms with van der Waals surface area (Å²) in [5.74, 6) is 0.184. The molecule has 1 aromatic heterocycles. The molecule has 0 spiro atoms. The van der Waals surface area contributed by atoms with Crippen molar-refractivity contribution in [1.29, 1.82) is 0 Å².